The number of aliphatic hydroxyl groups excluding tert-OH is 1. The van der Waals surface area contributed by atoms with Crippen molar-refractivity contribution in [3.8, 4) is 16.9 Å². The maximum Gasteiger partial charge on any atom is 0.313 e. The lowest BCUT2D eigenvalue weighted by atomic mass is 10.0. The van der Waals surface area contributed by atoms with E-state index in [0.717, 1.165) is 12.1 Å². The molecule has 0 aromatic heterocycles. The van der Waals surface area contributed by atoms with Crippen LogP contribution in [0, 0.1) is 11.6 Å². The molecule has 0 radical (unpaired) electrons. The minimum atomic E-state index is -0.933. The van der Waals surface area contributed by atoms with E-state index >= 15 is 0 Å². The third-order valence-corrected chi connectivity index (χ3v) is 3.69. The molecule has 8 heteroatoms. The van der Waals surface area contributed by atoms with Crippen LogP contribution in [0.1, 0.15) is 16.8 Å². The van der Waals surface area contributed by atoms with Crippen molar-refractivity contribution in [2.45, 2.75) is 12.5 Å². The number of likely N-dealkylation sites (N-methyl/N-ethyl adjacent to an activating group) is 1. The zero-order chi connectivity index (χ0) is 20.1. The van der Waals surface area contributed by atoms with Gasteiger partial charge >= 0.3 is 5.97 Å². The summed E-state index contributed by atoms with van der Waals surface area (Å²) in [5, 5.41) is 9.79. The molecule has 0 bridgehead atoms. The monoisotopic (exact) mass is 378 g/mol. The third kappa shape index (κ3) is 5.57. The molecule has 0 aliphatic carbocycles. The predicted molar refractivity (Wildman–Crippen MR) is 95.1 cm³/mol. The smallest absolute Gasteiger partial charge is 0.313 e. The van der Waals surface area contributed by atoms with E-state index in [2.05, 4.69) is 0 Å². The molecule has 2 aromatic rings. The molecule has 0 aliphatic rings. The predicted octanol–water partition coefficient (Wildman–Crippen LogP) is 1.95. The van der Waals surface area contributed by atoms with Crippen molar-refractivity contribution in [2.24, 2.45) is 5.73 Å². The largest absolute Gasteiger partial charge is 0.426 e. The van der Waals surface area contributed by atoms with Gasteiger partial charge in [-0.2, -0.15) is 0 Å². The second kappa shape index (κ2) is 8.70. The number of amides is 1. The van der Waals surface area contributed by atoms with Gasteiger partial charge in [-0.3, -0.25) is 9.59 Å². The fourth-order valence-corrected chi connectivity index (χ4v) is 2.55. The van der Waals surface area contributed by atoms with Crippen molar-refractivity contribution < 1.29 is 28.2 Å². The zero-order valence-corrected chi connectivity index (χ0v) is 14.9. The average Bonchev–Trinajstić information content (AvgIpc) is 2.54. The third-order valence-electron chi connectivity index (χ3n) is 3.69. The molecule has 6 nitrogen and oxygen atoms in total. The quantitative estimate of drug-likeness (QED) is 0.567. The molecule has 0 heterocycles. The molecule has 1 amide bonds. The van der Waals surface area contributed by atoms with Gasteiger partial charge in [-0.1, -0.05) is 6.07 Å². The summed E-state index contributed by atoms with van der Waals surface area (Å²) in [7, 11) is 3.49. The summed E-state index contributed by atoms with van der Waals surface area (Å²) < 4.78 is 32.1. The molecule has 0 saturated heterocycles. The maximum absolute atomic E-state index is 14.0. The number of halogens is 2. The van der Waals surface area contributed by atoms with Crippen molar-refractivity contribution >= 4 is 11.9 Å². The van der Waals surface area contributed by atoms with Crippen molar-refractivity contribution in [3.05, 3.63) is 53.6 Å². The lowest BCUT2D eigenvalue weighted by Gasteiger charge is -2.16. The number of benzene rings is 2. The van der Waals surface area contributed by atoms with Crippen LogP contribution in [0.15, 0.2) is 36.4 Å². The number of esters is 1. The van der Waals surface area contributed by atoms with Gasteiger partial charge < -0.3 is 20.5 Å². The molecule has 2 aromatic carbocycles. The highest BCUT2D eigenvalue weighted by molar-refractivity contribution is 5.97. The van der Waals surface area contributed by atoms with E-state index < -0.39 is 29.6 Å². The second-order valence-electron chi connectivity index (χ2n) is 6.29. The van der Waals surface area contributed by atoms with Crippen LogP contribution in [-0.4, -0.2) is 48.6 Å². The lowest BCUT2D eigenvalue weighted by Crippen LogP contribution is -2.29. The van der Waals surface area contributed by atoms with Crippen LogP contribution in [-0.2, 0) is 4.79 Å². The van der Waals surface area contributed by atoms with Crippen LogP contribution in [0.5, 0.6) is 5.75 Å². The van der Waals surface area contributed by atoms with Crippen LogP contribution >= 0.6 is 0 Å². The van der Waals surface area contributed by atoms with Crippen LogP contribution < -0.4 is 10.5 Å². The number of carbonyl (C=O) groups excluding carboxylic acids is 2. The summed E-state index contributed by atoms with van der Waals surface area (Å²) in [5.41, 5.74) is 5.53. The van der Waals surface area contributed by atoms with Crippen molar-refractivity contribution in [1.29, 1.82) is 0 Å². The molecule has 1 unspecified atom stereocenters. The fourth-order valence-electron chi connectivity index (χ4n) is 2.55. The van der Waals surface area contributed by atoms with E-state index in [1.807, 2.05) is 0 Å². The van der Waals surface area contributed by atoms with Crippen LogP contribution in [0.3, 0.4) is 0 Å². The Labute approximate surface area is 155 Å². The lowest BCUT2D eigenvalue weighted by molar-refractivity contribution is -0.136. The van der Waals surface area contributed by atoms with Crippen molar-refractivity contribution in [1.82, 2.24) is 4.90 Å². The van der Waals surface area contributed by atoms with Gasteiger partial charge in [-0.25, -0.2) is 8.78 Å². The molecule has 0 spiro atoms. The number of nitrogens with zero attached hydrogens (tertiary/aromatic N) is 1. The Morgan fingerprint density at radius 2 is 1.89 bits per heavy atom. The number of nitrogens with two attached hydrogens (primary N) is 1. The van der Waals surface area contributed by atoms with E-state index in [-0.39, 0.29) is 35.4 Å². The summed E-state index contributed by atoms with van der Waals surface area (Å²) in [4.78, 5) is 25.4. The van der Waals surface area contributed by atoms with Gasteiger partial charge in [-0.05, 0) is 43.9 Å². The topological polar surface area (TPSA) is 92.9 Å². The van der Waals surface area contributed by atoms with E-state index in [0.29, 0.717) is 0 Å². The highest BCUT2D eigenvalue weighted by Crippen LogP contribution is 2.29. The van der Waals surface area contributed by atoms with E-state index in [4.69, 9.17) is 10.5 Å². The minimum absolute atomic E-state index is 0.0678. The van der Waals surface area contributed by atoms with Gasteiger partial charge in [0.05, 0.1) is 18.1 Å². The molecule has 0 saturated carbocycles. The number of primary amides is 1. The molecular formula is C19H20F2N2O4. The Balaban J connectivity index is 2.25. The average molecular weight is 378 g/mol. The van der Waals surface area contributed by atoms with Gasteiger partial charge in [0, 0.05) is 18.2 Å². The Hall–Kier alpha value is -2.84. The normalized spacial score (nSPS) is 12.1. The highest BCUT2D eigenvalue weighted by Gasteiger charge is 2.18. The summed E-state index contributed by atoms with van der Waals surface area (Å²) >= 11 is 0. The summed E-state index contributed by atoms with van der Waals surface area (Å²) in [6, 6.07) is 7.02. The Morgan fingerprint density at radius 1 is 1.19 bits per heavy atom. The molecule has 3 N–H and O–H groups in total. The molecule has 27 heavy (non-hydrogen) atoms. The first-order valence-corrected chi connectivity index (χ1v) is 8.10. The van der Waals surface area contributed by atoms with Crippen LogP contribution in [0.4, 0.5) is 8.78 Å². The van der Waals surface area contributed by atoms with Crippen molar-refractivity contribution in [2.75, 3.05) is 20.6 Å². The molecule has 1 atom stereocenters. The van der Waals surface area contributed by atoms with Crippen LogP contribution in [0.2, 0.25) is 0 Å². The summed E-state index contributed by atoms with van der Waals surface area (Å²) in [6.45, 7) is 0.264. The number of aliphatic hydroxyl groups is 1. The first kappa shape index (κ1) is 20.5. The van der Waals surface area contributed by atoms with Crippen LogP contribution in [0.25, 0.3) is 11.1 Å². The number of ether oxygens (including phenoxy) is 1. The van der Waals surface area contributed by atoms with E-state index in [1.165, 1.54) is 24.3 Å². The molecule has 0 fully saturated rings. The molecule has 2 rings (SSSR count). The zero-order valence-electron chi connectivity index (χ0n) is 14.9. The molecule has 144 valence electrons. The van der Waals surface area contributed by atoms with Crippen molar-refractivity contribution in [3.63, 3.8) is 0 Å². The minimum Gasteiger partial charge on any atom is -0.426 e. The Kier molecular flexibility index (Phi) is 6.59. The number of hydrogen-bond acceptors (Lipinski definition) is 5. The SMILES string of the molecule is CN(C)CC(O)CC(=O)Oc1ccc(-c2ccc(F)cc2F)cc1C(N)=O. The maximum atomic E-state index is 14.0. The van der Waals surface area contributed by atoms with E-state index in [1.54, 1.807) is 19.0 Å². The number of rotatable bonds is 7. The highest BCUT2D eigenvalue weighted by atomic mass is 19.1. The standard InChI is InChI=1S/C19H20F2N2O4/c1-23(2)10-13(24)9-18(25)27-17-6-3-11(7-15(17)19(22)26)14-5-4-12(20)8-16(14)21/h3-8,13,24H,9-10H2,1-2H3,(H2,22,26). The first-order chi connectivity index (χ1) is 12.7. The second-order valence-corrected chi connectivity index (χ2v) is 6.29. The number of hydrogen-bond donors (Lipinski definition) is 2. The van der Waals surface area contributed by atoms with Gasteiger partial charge in [0.2, 0.25) is 0 Å². The Morgan fingerprint density at radius 3 is 2.48 bits per heavy atom. The summed E-state index contributed by atoms with van der Waals surface area (Å²) in [5.74, 6) is -3.26. The van der Waals surface area contributed by atoms with E-state index in [9.17, 15) is 23.5 Å². The van der Waals surface area contributed by atoms with Gasteiger partial charge in [-0.15, -0.1) is 0 Å². The number of carbonyl (C=O) groups is 2. The van der Waals surface area contributed by atoms with Gasteiger partial charge in [0.15, 0.2) is 0 Å². The molecule has 0 aliphatic heterocycles. The summed E-state index contributed by atoms with van der Waals surface area (Å²) in [6.07, 6.45) is -1.21. The van der Waals surface area contributed by atoms with Gasteiger partial charge in [0.25, 0.3) is 5.91 Å². The van der Waals surface area contributed by atoms with Gasteiger partial charge in [0.1, 0.15) is 17.4 Å². The molecular weight excluding hydrogens is 358 g/mol. The fraction of sp³-hybridized carbons (Fsp3) is 0.263. The first-order valence-electron chi connectivity index (χ1n) is 8.10. The Bertz CT molecular complexity index is 856.